The highest BCUT2D eigenvalue weighted by Gasteiger charge is 2.41. The maximum absolute atomic E-state index is 5.53. The van der Waals surface area contributed by atoms with Gasteiger partial charge in [0.05, 0.1) is 25.8 Å². The number of hydrogen-bond acceptors (Lipinski definition) is 3. The van der Waals surface area contributed by atoms with E-state index in [0.717, 1.165) is 17.0 Å². The average Bonchev–Trinajstić information content (AvgIpc) is 3.10. The van der Waals surface area contributed by atoms with E-state index in [1.807, 2.05) is 6.07 Å². The molecule has 0 bridgehead atoms. The second-order valence-electron chi connectivity index (χ2n) is 5.32. The van der Waals surface area contributed by atoms with Crippen molar-refractivity contribution in [3.8, 4) is 11.5 Å². The molecule has 0 radical (unpaired) electrons. The van der Waals surface area contributed by atoms with Gasteiger partial charge in [0, 0.05) is 23.7 Å². The van der Waals surface area contributed by atoms with Gasteiger partial charge < -0.3 is 18.9 Å². The van der Waals surface area contributed by atoms with Crippen molar-refractivity contribution in [3.63, 3.8) is 0 Å². The second kappa shape index (κ2) is 4.46. The number of hydrogen-bond donors (Lipinski definition) is 0. The Bertz CT molecular complexity index is 603. The fraction of sp³-hybridized carbons (Fsp3) is 0.467. The first kappa shape index (κ1) is 12.4. The summed E-state index contributed by atoms with van der Waals surface area (Å²) < 4.78 is 13.2. The van der Waals surface area contributed by atoms with Gasteiger partial charge >= 0.3 is 0 Å². The Labute approximate surface area is 113 Å². The van der Waals surface area contributed by atoms with Crippen molar-refractivity contribution in [1.82, 2.24) is 9.47 Å². The van der Waals surface area contributed by atoms with Crippen LogP contribution in [0.3, 0.4) is 0 Å². The first-order valence-electron chi connectivity index (χ1n) is 6.54. The number of likely N-dealkylation sites (N-methyl/N-ethyl adjacent to an activating group) is 1. The highest BCUT2D eigenvalue weighted by molar-refractivity contribution is 5.88. The molecule has 0 spiro atoms. The predicted molar refractivity (Wildman–Crippen MR) is 76.2 cm³/mol. The molecule has 1 saturated carbocycles. The zero-order valence-corrected chi connectivity index (χ0v) is 11.9. The van der Waals surface area contributed by atoms with Gasteiger partial charge in [0.1, 0.15) is 11.5 Å². The summed E-state index contributed by atoms with van der Waals surface area (Å²) >= 11 is 0. The summed E-state index contributed by atoms with van der Waals surface area (Å²) in [7, 11) is 7.66. The lowest BCUT2D eigenvalue weighted by atomic mass is 10.2. The molecule has 19 heavy (non-hydrogen) atoms. The zero-order valence-electron chi connectivity index (χ0n) is 11.9. The van der Waals surface area contributed by atoms with Gasteiger partial charge in [-0.05, 0) is 32.6 Å². The maximum Gasteiger partial charge on any atom is 0.146 e. The Balaban J connectivity index is 2.07. The number of rotatable bonds is 4. The molecule has 4 nitrogen and oxygen atoms in total. The third-order valence-corrected chi connectivity index (χ3v) is 3.95. The first-order chi connectivity index (χ1) is 9.15. The smallest absolute Gasteiger partial charge is 0.146 e. The number of fused-ring (bicyclic) bond motifs is 1. The summed E-state index contributed by atoms with van der Waals surface area (Å²) in [4.78, 5) is 2.28. The van der Waals surface area contributed by atoms with E-state index < -0.39 is 0 Å². The number of aromatic nitrogens is 1. The highest BCUT2D eigenvalue weighted by Crippen LogP contribution is 2.44. The van der Waals surface area contributed by atoms with Crippen LogP contribution in [-0.4, -0.2) is 43.8 Å². The molecule has 2 unspecified atom stereocenters. The zero-order chi connectivity index (χ0) is 13.6. The van der Waals surface area contributed by atoms with E-state index in [1.54, 1.807) is 14.2 Å². The first-order valence-corrected chi connectivity index (χ1v) is 6.54. The molecule has 0 saturated heterocycles. The standard InChI is InChI=1S/C15H20N2O2/c1-16(2)12-9-13(12)17-6-5-10-7-11(18-3)8-14(19-4)15(10)17/h5-8,12-13H,9H2,1-4H3. The number of methoxy groups -OCH3 is 2. The van der Waals surface area contributed by atoms with Crippen molar-refractivity contribution in [2.45, 2.75) is 18.5 Å². The number of nitrogens with zero attached hydrogens (tertiary/aromatic N) is 2. The van der Waals surface area contributed by atoms with Crippen molar-refractivity contribution in [3.05, 3.63) is 24.4 Å². The maximum atomic E-state index is 5.53. The minimum atomic E-state index is 0.551. The summed E-state index contributed by atoms with van der Waals surface area (Å²) in [5.41, 5.74) is 1.16. The molecule has 3 rings (SSSR count). The van der Waals surface area contributed by atoms with Crippen LogP contribution < -0.4 is 9.47 Å². The molecule has 2 atom stereocenters. The van der Waals surface area contributed by atoms with E-state index in [9.17, 15) is 0 Å². The third-order valence-electron chi connectivity index (χ3n) is 3.95. The summed E-state index contributed by atoms with van der Waals surface area (Å²) in [6, 6.07) is 7.32. The van der Waals surface area contributed by atoms with Crippen LogP contribution in [0.5, 0.6) is 11.5 Å². The fourth-order valence-corrected chi connectivity index (χ4v) is 2.81. The predicted octanol–water partition coefficient (Wildman–Crippen LogP) is 2.53. The molecule has 2 aromatic rings. The van der Waals surface area contributed by atoms with Gasteiger partial charge in [-0.3, -0.25) is 0 Å². The lowest BCUT2D eigenvalue weighted by Crippen LogP contribution is -2.17. The summed E-state index contributed by atoms with van der Waals surface area (Å²) in [6.07, 6.45) is 3.35. The van der Waals surface area contributed by atoms with E-state index in [1.165, 1.54) is 11.8 Å². The van der Waals surface area contributed by atoms with Crippen molar-refractivity contribution in [1.29, 1.82) is 0 Å². The van der Waals surface area contributed by atoms with Gasteiger partial charge in [-0.25, -0.2) is 0 Å². The van der Waals surface area contributed by atoms with Crippen LogP contribution in [0.2, 0.25) is 0 Å². The molecule has 1 aromatic heterocycles. The summed E-state index contributed by atoms with van der Waals surface area (Å²) in [5.74, 6) is 1.71. The SMILES string of the molecule is COc1cc(OC)c2c(ccn2C2CC2N(C)C)c1. The Morgan fingerprint density at radius 1 is 1.21 bits per heavy atom. The number of ether oxygens (including phenoxy) is 2. The quantitative estimate of drug-likeness (QED) is 0.845. The topological polar surface area (TPSA) is 26.6 Å². The van der Waals surface area contributed by atoms with Gasteiger partial charge in [-0.2, -0.15) is 0 Å². The minimum Gasteiger partial charge on any atom is -0.497 e. The number of benzene rings is 1. The molecule has 0 amide bonds. The molecule has 0 N–H and O–H groups in total. The molecule has 4 heteroatoms. The molecule has 1 heterocycles. The molecule has 0 aliphatic heterocycles. The van der Waals surface area contributed by atoms with Gasteiger partial charge in [0.25, 0.3) is 0 Å². The van der Waals surface area contributed by atoms with Crippen molar-refractivity contribution < 1.29 is 9.47 Å². The van der Waals surface area contributed by atoms with Crippen LogP contribution in [-0.2, 0) is 0 Å². The summed E-state index contributed by atoms with van der Waals surface area (Å²) in [6.45, 7) is 0. The van der Waals surface area contributed by atoms with E-state index in [0.29, 0.717) is 12.1 Å². The van der Waals surface area contributed by atoms with E-state index in [-0.39, 0.29) is 0 Å². The van der Waals surface area contributed by atoms with Crippen LogP contribution in [0.4, 0.5) is 0 Å². The van der Waals surface area contributed by atoms with Gasteiger partial charge in [0.15, 0.2) is 0 Å². The Morgan fingerprint density at radius 2 is 2.00 bits per heavy atom. The molecule has 1 aliphatic carbocycles. The largest absolute Gasteiger partial charge is 0.497 e. The lowest BCUT2D eigenvalue weighted by Gasteiger charge is -2.13. The van der Waals surface area contributed by atoms with E-state index >= 15 is 0 Å². The fourth-order valence-electron chi connectivity index (χ4n) is 2.81. The third kappa shape index (κ3) is 1.96. The van der Waals surface area contributed by atoms with E-state index in [2.05, 4.69) is 41.9 Å². The van der Waals surface area contributed by atoms with Crippen molar-refractivity contribution in [2.24, 2.45) is 0 Å². The van der Waals surface area contributed by atoms with Gasteiger partial charge in [-0.15, -0.1) is 0 Å². The molecular weight excluding hydrogens is 240 g/mol. The lowest BCUT2D eigenvalue weighted by molar-refractivity contribution is 0.375. The van der Waals surface area contributed by atoms with Crippen LogP contribution in [0, 0.1) is 0 Å². The van der Waals surface area contributed by atoms with Gasteiger partial charge in [-0.1, -0.05) is 0 Å². The monoisotopic (exact) mass is 260 g/mol. The Morgan fingerprint density at radius 3 is 2.58 bits per heavy atom. The van der Waals surface area contributed by atoms with Crippen LogP contribution >= 0.6 is 0 Å². The van der Waals surface area contributed by atoms with Crippen molar-refractivity contribution >= 4 is 10.9 Å². The van der Waals surface area contributed by atoms with Gasteiger partial charge in [0.2, 0.25) is 0 Å². The molecule has 1 fully saturated rings. The summed E-state index contributed by atoms with van der Waals surface area (Å²) in [5, 5.41) is 1.17. The molecular formula is C15H20N2O2. The average molecular weight is 260 g/mol. The Kier molecular flexibility index (Phi) is 2.90. The Hall–Kier alpha value is -1.68. The van der Waals surface area contributed by atoms with Crippen LogP contribution in [0.15, 0.2) is 24.4 Å². The van der Waals surface area contributed by atoms with Crippen molar-refractivity contribution in [2.75, 3.05) is 28.3 Å². The van der Waals surface area contributed by atoms with E-state index in [4.69, 9.17) is 9.47 Å². The molecule has 1 aromatic carbocycles. The van der Waals surface area contributed by atoms with Crippen LogP contribution in [0.25, 0.3) is 10.9 Å². The molecule has 102 valence electrons. The highest BCUT2D eigenvalue weighted by atomic mass is 16.5. The molecule has 1 aliphatic rings. The normalized spacial score (nSPS) is 21.9. The second-order valence-corrected chi connectivity index (χ2v) is 5.32. The van der Waals surface area contributed by atoms with Crippen LogP contribution in [0.1, 0.15) is 12.5 Å². The minimum absolute atomic E-state index is 0.551.